The first kappa shape index (κ1) is 16.2. The fraction of sp³-hybridized carbons (Fsp3) is 0.545. The molecule has 2 heterocycles. The molecular weight excluding hydrogens is 327 g/mol. The molecular formula is C22H25FN2O. The summed E-state index contributed by atoms with van der Waals surface area (Å²) in [6, 6.07) is 4.92. The molecule has 0 saturated heterocycles. The molecule has 0 N–H and O–H groups in total. The Morgan fingerprint density at radius 1 is 1.31 bits per heavy atom. The minimum absolute atomic E-state index is 0.213. The van der Waals surface area contributed by atoms with E-state index in [0.29, 0.717) is 29.6 Å². The van der Waals surface area contributed by atoms with Crippen LogP contribution >= 0.6 is 0 Å². The standard InChI is InChI=1S/C22H25FN2O/c1-22(10-14-4-2-5-15(8-14)11-22)20(26)9-18-21-16(6-3-7-17(21)23)19-12-24-13-25(18)19/h3,6-7,12-15,18H,2,4-5,8-11H2,1H3. The monoisotopic (exact) mass is 352 g/mol. The summed E-state index contributed by atoms with van der Waals surface area (Å²) in [5.74, 6) is 1.49. The van der Waals surface area contributed by atoms with Crippen LogP contribution in [0.4, 0.5) is 4.39 Å². The number of nitrogens with zero attached hydrogens (tertiary/aromatic N) is 2. The molecule has 4 heteroatoms. The van der Waals surface area contributed by atoms with Gasteiger partial charge in [0, 0.05) is 23.0 Å². The van der Waals surface area contributed by atoms with E-state index >= 15 is 0 Å². The molecule has 2 aliphatic carbocycles. The summed E-state index contributed by atoms with van der Waals surface area (Å²) in [5.41, 5.74) is 2.22. The molecule has 26 heavy (non-hydrogen) atoms. The third-order valence-electron chi connectivity index (χ3n) is 7.09. The first-order chi connectivity index (χ1) is 12.5. The van der Waals surface area contributed by atoms with Crippen LogP contribution in [0.5, 0.6) is 0 Å². The van der Waals surface area contributed by atoms with Crippen molar-refractivity contribution in [3.8, 4) is 11.3 Å². The molecule has 3 unspecified atom stereocenters. The summed E-state index contributed by atoms with van der Waals surface area (Å²) in [4.78, 5) is 17.6. The Kier molecular flexibility index (Phi) is 3.60. The lowest BCUT2D eigenvalue weighted by Gasteiger charge is -2.45. The van der Waals surface area contributed by atoms with Crippen LogP contribution in [0.1, 0.15) is 63.5 Å². The van der Waals surface area contributed by atoms with Crippen molar-refractivity contribution in [3.63, 3.8) is 0 Å². The zero-order chi connectivity index (χ0) is 17.9. The van der Waals surface area contributed by atoms with Gasteiger partial charge in [0.15, 0.2) is 0 Å². The lowest BCUT2D eigenvalue weighted by atomic mass is 9.59. The highest BCUT2D eigenvalue weighted by Crippen LogP contribution is 2.51. The van der Waals surface area contributed by atoms with E-state index in [1.54, 1.807) is 18.6 Å². The van der Waals surface area contributed by atoms with E-state index in [4.69, 9.17) is 0 Å². The lowest BCUT2D eigenvalue weighted by molar-refractivity contribution is -0.133. The maximum Gasteiger partial charge on any atom is 0.141 e. The molecule has 1 aromatic heterocycles. The average Bonchev–Trinajstić information content (AvgIpc) is 3.18. The zero-order valence-corrected chi connectivity index (χ0v) is 15.2. The summed E-state index contributed by atoms with van der Waals surface area (Å²) in [5, 5.41) is 0. The Hall–Kier alpha value is -1.97. The van der Waals surface area contributed by atoms with Crippen LogP contribution in [-0.2, 0) is 4.79 Å². The highest BCUT2D eigenvalue weighted by Gasteiger charge is 2.45. The van der Waals surface area contributed by atoms with Crippen molar-refractivity contribution in [2.24, 2.45) is 17.3 Å². The Morgan fingerprint density at radius 3 is 2.85 bits per heavy atom. The van der Waals surface area contributed by atoms with Gasteiger partial charge in [-0.3, -0.25) is 4.79 Å². The van der Waals surface area contributed by atoms with Gasteiger partial charge in [0.2, 0.25) is 0 Å². The Morgan fingerprint density at radius 2 is 2.08 bits per heavy atom. The van der Waals surface area contributed by atoms with Crippen molar-refractivity contribution in [1.29, 1.82) is 0 Å². The SMILES string of the molecule is CC1(C(=O)CC2c3c(F)cccc3-c3cncn32)CC2CCCC(C2)C1. The summed E-state index contributed by atoms with van der Waals surface area (Å²) < 4.78 is 16.6. The van der Waals surface area contributed by atoms with E-state index in [0.717, 1.165) is 24.1 Å². The number of carbonyl (C=O) groups excluding carboxylic acids is 1. The number of aromatic nitrogens is 2. The second-order valence-corrected chi connectivity index (χ2v) is 8.90. The Balaban J connectivity index is 1.46. The molecule has 2 saturated carbocycles. The van der Waals surface area contributed by atoms with Crippen LogP contribution in [0.3, 0.4) is 0 Å². The number of fused-ring (bicyclic) bond motifs is 5. The van der Waals surface area contributed by atoms with Gasteiger partial charge in [0.05, 0.1) is 24.3 Å². The Labute approximate surface area is 153 Å². The molecule has 2 fully saturated rings. The number of ketones is 1. The van der Waals surface area contributed by atoms with Gasteiger partial charge < -0.3 is 4.57 Å². The molecule has 1 aromatic carbocycles. The van der Waals surface area contributed by atoms with E-state index < -0.39 is 0 Å². The van der Waals surface area contributed by atoms with Crippen LogP contribution in [0.15, 0.2) is 30.7 Å². The fourth-order valence-electron chi connectivity index (χ4n) is 5.98. The van der Waals surface area contributed by atoms with Crippen molar-refractivity contribution >= 4 is 5.78 Å². The van der Waals surface area contributed by atoms with E-state index in [-0.39, 0.29) is 17.3 Å². The first-order valence-corrected chi connectivity index (χ1v) is 9.89. The number of imidazole rings is 1. The van der Waals surface area contributed by atoms with Crippen molar-refractivity contribution in [3.05, 3.63) is 42.1 Å². The van der Waals surface area contributed by atoms with Gasteiger partial charge in [-0.05, 0) is 37.2 Å². The van der Waals surface area contributed by atoms with Gasteiger partial charge >= 0.3 is 0 Å². The Bertz CT molecular complexity index is 859. The van der Waals surface area contributed by atoms with E-state index in [9.17, 15) is 9.18 Å². The molecule has 0 spiro atoms. The molecule has 136 valence electrons. The molecule has 1 aliphatic heterocycles. The minimum atomic E-state index is -0.255. The van der Waals surface area contributed by atoms with E-state index in [1.165, 1.54) is 31.7 Å². The van der Waals surface area contributed by atoms with Crippen molar-refractivity contribution in [2.75, 3.05) is 0 Å². The topological polar surface area (TPSA) is 34.9 Å². The number of benzene rings is 1. The predicted molar refractivity (Wildman–Crippen MR) is 98.2 cm³/mol. The number of rotatable bonds is 3. The summed E-state index contributed by atoms with van der Waals surface area (Å²) in [6.07, 6.45) is 11.1. The molecule has 3 nitrogen and oxygen atoms in total. The van der Waals surface area contributed by atoms with Crippen LogP contribution in [0, 0.1) is 23.1 Å². The third-order valence-corrected chi connectivity index (χ3v) is 7.09. The van der Waals surface area contributed by atoms with Gasteiger partial charge in [-0.2, -0.15) is 0 Å². The summed E-state index contributed by atoms with van der Waals surface area (Å²) in [6.45, 7) is 2.16. The number of hydrogen-bond donors (Lipinski definition) is 0. The molecule has 5 rings (SSSR count). The lowest BCUT2D eigenvalue weighted by Crippen LogP contribution is -2.40. The number of halogens is 1. The quantitative estimate of drug-likeness (QED) is 0.765. The largest absolute Gasteiger partial charge is 0.322 e. The van der Waals surface area contributed by atoms with E-state index in [1.807, 2.05) is 10.6 Å². The molecule has 2 aromatic rings. The van der Waals surface area contributed by atoms with Crippen LogP contribution in [0.2, 0.25) is 0 Å². The molecule has 0 amide bonds. The predicted octanol–water partition coefficient (Wildman–Crippen LogP) is 5.16. The van der Waals surface area contributed by atoms with Gasteiger partial charge in [-0.1, -0.05) is 38.3 Å². The van der Waals surface area contributed by atoms with Crippen molar-refractivity contribution in [2.45, 2.75) is 57.9 Å². The van der Waals surface area contributed by atoms with Crippen LogP contribution in [0.25, 0.3) is 11.3 Å². The van der Waals surface area contributed by atoms with Crippen molar-refractivity contribution in [1.82, 2.24) is 9.55 Å². The average molecular weight is 352 g/mol. The first-order valence-electron chi connectivity index (χ1n) is 9.89. The third kappa shape index (κ3) is 2.38. The molecule has 0 radical (unpaired) electrons. The second-order valence-electron chi connectivity index (χ2n) is 8.90. The minimum Gasteiger partial charge on any atom is -0.322 e. The number of Topliss-reactive ketones (excluding diaryl/α,β-unsaturated/α-hetero) is 1. The van der Waals surface area contributed by atoms with Crippen molar-refractivity contribution < 1.29 is 9.18 Å². The van der Waals surface area contributed by atoms with Gasteiger partial charge in [-0.15, -0.1) is 0 Å². The second kappa shape index (κ2) is 5.77. The molecule has 3 atom stereocenters. The fourth-order valence-corrected chi connectivity index (χ4v) is 5.98. The zero-order valence-electron chi connectivity index (χ0n) is 15.2. The van der Waals surface area contributed by atoms with Crippen LogP contribution < -0.4 is 0 Å². The normalized spacial score (nSPS) is 32.2. The van der Waals surface area contributed by atoms with E-state index in [2.05, 4.69) is 11.9 Å². The number of hydrogen-bond acceptors (Lipinski definition) is 2. The van der Waals surface area contributed by atoms with Gasteiger partial charge in [-0.25, -0.2) is 9.37 Å². The highest BCUT2D eigenvalue weighted by atomic mass is 19.1. The highest BCUT2D eigenvalue weighted by molar-refractivity contribution is 5.86. The smallest absolute Gasteiger partial charge is 0.141 e. The maximum absolute atomic E-state index is 14.6. The summed E-state index contributed by atoms with van der Waals surface area (Å²) in [7, 11) is 0. The summed E-state index contributed by atoms with van der Waals surface area (Å²) >= 11 is 0. The van der Waals surface area contributed by atoms with Gasteiger partial charge in [0.1, 0.15) is 11.6 Å². The van der Waals surface area contributed by atoms with Crippen LogP contribution in [-0.4, -0.2) is 15.3 Å². The maximum atomic E-state index is 14.6. The molecule has 3 aliphatic rings. The number of carbonyl (C=O) groups is 1. The molecule has 2 bridgehead atoms. The van der Waals surface area contributed by atoms with Gasteiger partial charge in [0.25, 0.3) is 0 Å².